The minimum atomic E-state index is -0.294. The van der Waals surface area contributed by atoms with Crippen LogP contribution in [0.5, 0.6) is 0 Å². The SMILES string of the molecule is O=CC1(c2ccccn2)CCCCCC1. The van der Waals surface area contributed by atoms with Gasteiger partial charge in [0.15, 0.2) is 0 Å². The van der Waals surface area contributed by atoms with Gasteiger partial charge >= 0.3 is 0 Å². The average molecular weight is 203 g/mol. The van der Waals surface area contributed by atoms with E-state index in [1.165, 1.54) is 12.8 Å². The molecule has 0 atom stereocenters. The molecular weight excluding hydrogens is 186 g/mol. The van der Waals surface area contributed by atoms with E-state index in [0.717, 1.165) is 37.7 Å². The molecule has 2 rings (SSSR count). The number of aromatic nitrogens is 1. The molecule has 1 saturated carbocycles. The first-order valence-electron chi connectivity index (χ1n) is 5.75. The molecule has 0 bridgehead atoms. The van der Waals surface area contributed by atoms with Crippen LogP contribution in [0.25, 0.3) is 0 Å². The summed E-state index contributed by atoms with van der Waals surface area (Å²) in [5.41, 5.74) is 0.666. The standard InChI is InChI=1S/C13H17NO/c15-11-13(8-4-1-2-5-9-13)12-7-3-6-10-14-12/h3,6-7,10-11H,1-2,4-5,8-9H2. The van der Waals surface area contributed by atoms with Crippen molar-refractivity contribution in [1.29, 1.82) is 0 Å². The smallest absolute Gasteiger partial charge is 0.132 e. The molecule has 0 saturated heterocycles. The van der Waals surface area contributed by atoms with Crippen LogP contribution in [0.3, 0.4) is 0 Å². The number of hydrogen-bond donors (Lipinski definition) is 0. The molecule has 2 heteroatoms. The van der Waals surface area contributed by atoms with Gasteiger partial charge in [0.1, 0.15) is 6.29 Å². The lowest BCUT2D eigenvalue weighted by Gasteiger charge is -2.25. The lowest BCUT2D eigenvalue weighted by atomic mass is 9.78. The third-order valence-corrected chi connectivity index (χ3v) is 3.40. The first kappa shape index (κ1) is 10.3. The van der Waals surface area contributed by atoms with Crippen molar-refractivity contribution in [2.45, 2.75) is 43.9 Å². The highest BCUT2D eigenvalue weighted by atomic mass is 16.1. The summed E-state index contributed by atoms with van der Waals surface area (Å²) in [5, 5.41) is 0. The first-order valence-corrected chi connectivity index (χ1v) is 5.75. The summed E-state index contributed by atoms with van der Waals surface area (Å²) in [6.07, 6.45) is 9.64. The summed E-state index contributed by atoms with van der Waals surface area (Å²) in [5.74, 6) is 0. The van der Waals surface area contributed by atoms with Crippen molar-refractivity contribution in [3.05, 3.63) is 30.1 Å². The van der Waals surface area contributed by atoms with Gasteiger partial charge in [-0.2, -0.15) is 0 Å². The van der Waals surface area contributed by atoms with E-state index in [1.807, 2.05) is 18.2 Å². The molecule has 15 heavy (non-hydrogen) atoms. The largest absolute Gasteiger partial charge is 0.302 e. The Kier molecular flexibility index (Phi) is 3.14. The van der Waals surface area contributed by atoms with Crippen molar-refractivity contribution in [3.63, 3.8) is 0 Å². The van der Waals surface area contributed by atoms with Crippen LogP contribution >= 0.6 is 0 Å². The average Bonchev–Trinajstić information content (AvgIpc) is 2.56. The maximum atomic E-state index is 11.4. The van der Waals surface area contributed by atoms with Crippen LogP contribution in [-0.2, 0) is 10.2 Å². The third kappa shape index (κ3) is 2.09. The molecule has 2 nitrogen and oxygen atoms in total. The summed E-state index contributed by atoms with van der Waals surface area (Å²) in [6.45, 7) is 0. The van der Waals surface area contributed by atoms with E-state index < -0.39 is 0 Å². The van der Waals surface area contributed by atoms with Gasteiger partial charge in [0.2, 0.25) is 0 Å². The van der Waals surface area contributed by atoms with Gasteiger partial charge in [-0.15, -0.1) is 0 Å². The number of hydrogen-bond acceptors (Lipinski definition) is 2. The molecule has 0 N–H and O–H groups in total. The van der Waals surface area contributed by atoms with Crippen LogP contribution in [0.1, 0.15) is 44.2 Å². The van der Waals surface area contributed by atoms with Gasteiger partial charge in [-0.05, 0) is 25.0 Å². The molecule has 1 aliphatic rings. The first-order chi connectivity index (χ1) is 7.37. The normalized spacial score (nSPS) is 20.5. The minimum absolute atomic E-state index is 0.294. The van der Waals surface area contributed by atoms with Gasteiger partial charge < -0.3 is 4.79 Å². The Hall–Kier alpha value is -1.18. The second kappa shape index (κ2) is 4.56. The summed E-state index contributed by atoms with van der Waals surface area (Å²) in [6, 6.07) is 5.86. The van der Waals surface area contributed by atoms with E-state index in [-0.39, 0.29) is 5.41 Å². The molecule has 0 amide bonds. The Morgan fingerprint density at radius 1 is 1.13 bits per heavy atom. The summed E-state index contributed by atoms with van der Waals surface area (Å²) < 4.78 is 0. The molecule has 0 radical (unpaired) electrons. The van der Waals surface area contributed by atoms with Gasteiger partial charge in [-0.3, -0.25) is 4.98 Å². The zero-order chi connectivity index (χ0) is 10.6. The van der Waals surface area contributed by atoms with Crippen LogP contribution in [0, 0.1) is 0 Å². The van der Waals surface area contributed by atoms with E-state index in [0.29, 0.717) is 0 Å². The van der Waals surface area contributed by atoms with Crippen molar-refractivity contribution in [3.8, 4) is 0 Å². The maximum absolute atomic E-state index is 11.4. The molecule has 1 aromatic rings. The molecule has 1 aromatic heterocycles. The lowest BCUT2D eigenvalue weighted by molar-refractivity contribution is -0.113. The van der Waals surface area contributed by atoms with Crippen LogP contribution in [0.15, 0.2) is 24.4 Å². The highest BCUT2D eigenvalue weighted by Crippen LogP contribution is 2.35. The summed E-state index contributed by atoms with van der Waals surface area (Å²) in [7, 11) is 0. The second-order valence-corrected chi connectivity index (χ2v) is 4.40. The fraction of sp³-hybridized carbons (Fsp3) is 0.538. The predicted molar refractivity (Wildman–Crippen MR) is 59.7 cm³/mol. The van der Waals surface area contributed by atoms with Crippen LogP contribution in [0.4, 0.5) is 0 Å². The molecule has 0 spiro atoms. The Bertz CT molecular complexity index is 313. The summed E-state index contributed by atoms with van der Waals surface area (Å²) >= 11 is 0. The van der Waals surface area contributed by atoms with Gasteiger partial charge in [-0.25, -0.2) is 0 Å². The molecule has 80 valence electrons. The molecule has 0 aromatic carbocycles. The van der Waals surface area contributed by atoms with E-state index in [1.54, 1.807) is 6.20 Å². The van der Waals surface area contributed by atoms with E-state index >= 15 is 0 Å². The Labute approximate surface area is 90.7 Å². The van der Waals surface area contributed by atoms with Crippen LogP contribution in [0.2, 0.25) is 0 Å². The highest BCUT2D eigenvalue weighted by molar-refractivity contribution is 5.67. The molecule has 0 aliphatic heterocycles. The maximum Gasteiger partial charge on any atom is 0.132 e. The van der Waals surface area contributed by atoms with Crippen molar-refractivity contribution < 1.29 is 4.79 Å². The number of nitrogens with zero attached hydrogens (tertiary/aromatic N) is 1. The van der Waals surface area contributed by atoms with Gasteiger partial charge in [0.25, 0.3) is 0 Å². The second-order valence-electron chi connectivity index (χ2n) is 4.40. The van der Waals surface area contributed by atoms with Gasteiger partial charge in [-0.1, -0.05) is 31.7 Å². The van der Waals surface area contributed by atoms with Crippen LogP contribution in [-0.4, -0.2) is 11.3 Å². The van der Waals surface area contributed by atoms with Crippen molar-refractivity contribution in [2.24, 2.45) is 0 Å². The quantitative estimate of drug-likeness (QED) is 0.546. The molecular formula is C13H17NO. The van der Waals surface area contributed by atoms with Crippen LogP contribution < -0.4 is 0 Å². The molecule has 1 fully saturated rings. The number of carbonyl (C=O) groups excluding carboxylic acids is 1. The Balaban J connectivity index is 2.31. The third-order valence-electron chi connectivity index (χ3n) is 3.40. The van der Waals surface area contributed by atoms with Crippen molar-refractivity contribution >= 4 is 6.29 Å². The van der Waals surface area contributed by atoms with E-state index in [2.05, 4.69) is 4.98 Å². The fourth-order valence-electron chi connectivity index (χ4n) is 2.45. The molecule has 0 unspecified atom stereocenters. The van der Waals surface area contributed by atoms with E-state index in [4.69, 9.17) is 0 Å². The topological polar surface area (TPSA) is 30.0 Å². The fourth-order valence-corrected chi connectivity index (χ4v) is 2.45. The Morgan fingerprint density at radius 2 is 1.87 bits per heavy atom. The number of aldehydes is 1. The zero-order valence-electron chi connectivity index (χ0n) is 8.98. The van der Waals surface area contributed by atoms with Crippen molar-refractivity contribution in [1.82, 2.24) is 4.98 Å². The van der Waals surface area contributed by atoms with E-state index in [9.17, 15) is 4.79 Å². The summed E-state index contributed by atoms with van der Waals surface area (Å²) in [4.78, 5) is 15.8. The van der Waals surface area contributed by atoms with Gasteiger partial charge in [0, 0.05) is 6.20 Å². The number of rotatable bonds is 2. The highest BCUT2D eigenvalue weighted by Gasteiger charge is 2.33. The predicted octanol–water partition coefficient (Wildman–Crippen LogP) is 2.87. The monoisotopic (exact) mass is 203 g/mol. The zero-order valence-corrected chi connectivity index (χ0v) is 8.98. The van der Waals surface area contributed by atoms with Gasteiger partial charge in [0.05, 0.1) is 11.1 Å². The lowest BCUT2D eigenvalue weighted by Crippen LogP contribution is -2.28. The minimum Gasteiger partial charge on any atom is -0.302 e. The number of pyridine rings is 1. The number of carbonyl (C=O) groups is 1. The molecule has 1 heterocycles. The Morgan fingerprint density at radius 3 is 2.40 bits per heavy atom. The molecule has 1 aliphatic carbocycles. The van der Waals surface area contributed by atoms with Crippen molar-refractivity contribution in [2.75, 3.05) is 0 Å².